The summed E-state index contributed by atoms with van der Waals surface area (Å²) in [6.07, 6.45) is 9.00. The number of anilines is 1. The Kier molecular flexibility index (Phi) is 3.39. The Bertz CT molecular complexity index is 490. The van der Waals surface area contributed by atoms with Gasteiger partial charge in [-0.05, 0) is 37.0 Å². The summed E-state index contributed by atoms with van der Waals surface area (Å²) in [6, 6.07) is 0. The molecular formula is C14H20N4S. The highest BCUT2D eigenvalue weighted by Crippen LogP contribution is 2.48. The van der Waals surface area contributed by atoms with Crippen molar-refractivity contribution < 1.29 is 0 Å². The van der Waals surface area contributed by atoms with E-state index in [2.05, 4.69) is 21.9 Å². The highest BCUT2D eigenvalue weighted by molar-refractivity contribution is 7.80. The van der Waals surface area contributed by atoms with Gasteiger partial charge in [0, 0.05) is 26.0 Å². The number of aromatic nitrogens is 2. The molecule has 0 radical (unpaired) electrons. The summed E-state index contributed by atoms with van der Waals surface area (Å²) < 4.78 is 0. The fourth-order valence-electron chi connectivity index (χ4n) is 3.82. The van der Waals surface area contributed by atoms with E-state index < -0.39 is 0 Å². The third-order valence-electron chi connectivity index (χ3n) is 4.67. The summed E-state index contributed by atoms with van der Waals surface area (Å²) in [7, 11) is 2.07. The molecule has 0 aliphatic heterocycles. The van der Waals surface area contributed by atoms with Gasteiger partial charge in [0.05, 0.1) is 0 Å². The lowest BCUT2D eigenvalue weighted by Gasteiger charge is -2.28. The van der Waals surface area contributed by atoms with Gasteiger partial charge in [0.2, 0.25) is 0 Å². The van der Waals surface area contributed by atoms with E-state index in [1.54, 1.807) is 12.4 Å². The Morgan fingerprint density at radius 3 is 2.79 bits per heavy atom. The molecule has 3 atom stereocenters. The van der Waals surface area contributed by atoms with E-state index >= 15 is 0 Å². The molecule has 2 aliphatic carbocycles. The van der Waals surface area contributed by atoms with Crippen molar-refractivity contribution in [2.45, 2.75) is 25.7 Å². The van der Waals surface area contributed by atoms with E-state index in [9.17, 15) is 0 Å². The Morgan fingerprint density at radius 1 is 1.37 bits per heavy atom. The monoisotopic (exact) mass is 276 g/mol. The standard InChI is InChI=1S/C14H20N4S/c1-18(8-11-7-9-2-3-10(11)6-9)14-12(13(15)19)16-4-5-17-14/h4-5,9-11H,2-3,6-8H2,1H3,(H2,15,19). The van der Waals surface area contributed by atoms with E-state index in [0.29, 0.717) is 10.7 Å². The summed E-state index contributed by atoms with van der Waals surface area (Å²) >= 11 is 5.05. The molecule has 1 heterocycles. The molecule has 102 valence electrons. The summed E-state index contributed by atoms with van der Waals surface area (Å²) in [5.74, 6) is 3.50. The van der Waals surface area contributed by atoms with Crippen LogP contribution >= 0.6 is 12.2 Å². The van der Waals surface area contributed by atoms with Crippen LogP contribution in [0.1, 0.15) is 31.4 Å². The zero-order valence-electron chi connectivity index (χ0n) is 11.2. The van der Waals surface area contributed by atoms with Gasteiger partial charge in [-0.25, -0.2) is 9.97 Å². The van der Waals surface area contributed by atoms with Crippen LogP contribution in [0, 0.1) is 17.8 Å². The van der Waals surface area contributed by atoms with Crippen LogP contribution < -0.4 is 10.6 Å². The van der Waals surface area contributed by atoms with Gasteiger partial charge in [0.15, 0.2) is 5.82 Å². The molecule has 0 saturated heterocycles. The molecule has 1 aromatic heterocycles. The SMILES string of the molecule is CN(CC1CC2CCC1C2)c1nccnc1C(N)=S. The second kappa shape index (κ2) is 5.04. The number of nitrogens with zero attached hydrogens (tertiary/aromatic N) is 3. The number of fused-ring (bicyclic) bond motifs is 2. The molecule has 5 heteroatoms. The first-order valence-corrected chi connectivity index (χ1v) is 7.38. The van der Waals surface area contributed by atoms with Gasteiger partial charge in [-0.2, -0.15) is 0 Å². The van der Waals surface area contributed by atoms with E-state index in [4.69, 9.17) is 18.0 Å². The van der Waals surface area contributed by atoms with E-state index in [1.807, 2.05) is 0 Å². The van der Waals surface area contributed by atoms with Gasteiger partial charge in [-0.15, -0.1) is 0 Å². The molecule has 3 unspecified atom stereocenters. The molecule has 0 amide bonds. The molecule has 1 aromatic rings. The van der Waals surface area contributed by atoms with Gasteiger partial charge in [0.1, 0.15) is 10.7 Å². The molecule has 0 aromatic carbocycles. The number of hydrogen-bond acceptors (Lipinski definition) is 4. The maximum absolute atomic E-state index is 5.72. The van der Waals surface area contributed by atoms with Crippen LogP contribution in [-0.2, 0) is 0 Å². The lowest BCUT2D eigenvalue weighted by molar-refractivity contribution is 0.337. The predicted octanol–water partition coefficient (Wildman–Crippen LogP) is 1.98. The summed E-state index contributed by atoms with van der Waals surface area (Å²) in [4.78, 5) is 11.1. The van der Waals surface area contributed by atoms with Crippen LogP contribution in [0.4, 0.5) is 5.82 Å². The maximum atomic E-state index is 5.72. The fourth-order valence-corrected chi connectivity index (χ4v) is 3.97. The Balaban J connectivity index is 1.74. The molecule has 2 bridgehead atoms. The Morgan fingerprint density at radius 2 is 2.16 bits per heavy atom. The lowest BCUT2D eigenvalue weighted by Crippen LogP contribution is -2.31. The predicted molar refractivity (Wildman–Crippen MR) is 80.1 cm³/mol. The van der Waals surface area contributed by atoms with Crippen molar-refractivity contribution in [2.24, 2.45) is 23.5 Å². The van der Waals surface area contributed by atoms with Crippen LogP contribution in [0.15, 0.2) is 12.4 Å². The topological polar surface area (TPSA) is 55.0 Å². The summed E-state index contributed by atoms with van der Waals surface area (Å²) in [5, 5.41) is 0. The van der Waals surface area contributed by atoms with Crippen molar-refractivity contribution in [3.63, 3.8) is 0 Å². The molecule has 2 aliphatic rings. The summed E-state index contributed by atoms with van der Waals surface area (Å²) in [6.45, 7) is 1.04. The number of rotatable bonds is 4. The third kappa shape index (κ3) is 2.43. The van der Waals surface area contributed by atoms with Gasteiger partial charge < -0.3 is 10.6 Å². The van der Waals surface area contributed by atoms with Crippen molar-refractivity contribution >= 4 is 23.0 Å². The molecule has 0 spiro atoms. The number of hydrogen-bond donors (Lipinski definition) is 1. The largest absolute Gasteiger partial charge is 0.388 e. The smallest absolute Gasteiger partial charge is 0.157 e. The normalized spacial score (nSPS) is 28.6. The van der Waals surface area contributed by atoms with Crippen LogP contribution in [0.3, 0.4) is 0 Å². The fraction of sp³-hybridized carbons (Fsp3) is 0.643. The van der Waals surface area contributed by atoms with Crippen LogP contribution in [0.5, 0.6) is 0 Å². The number of thiocarbonyl (C=S) groups is 1. The molecule has 2 N–H and O–H groups in total. The van der Waals surface area contributed by atoms with Gasteiger partial charge in [-0.3, -0.25) is 0 Å². The molecular weight excluding hydrogens is 256 g/mol. The molecule has 4 nitrogen and oxygen atoms in total. The Hall–Kier alpha value is -1.23. The first kappa shape index (κ1) is 12.8. The molecule has 3 rings (SSSR count). The van der Waals surface area contributed by atoms with E-state index in [1.165, 1.54) is 25.7 Å². The summed E-state index contributed by atoms with van der Waals surface area (Å²) in [5.41, 5.74) is 6.37. The van der Waals surface area contributed by atoms with Crippen molar-refractivity contribution in [3.8, 4) is 0 Å². The minimum atomic E-state index is 0.322. The van der Waals surface area contributed by atoms with Crippen molar-refractivity contribution in [2.75, 3.05) is 18.5 Å². The zero-order chi connectivity index (χ0) is 13.4. The second-order valence-electron chi connectivity index (χ2n) is 5.91. The van der Waals surface area contributed by atoms with Crippen LogP contribution in [-0.4, -0.2) is 28.5 Å². The van der Waals surface area contributed by atoms with Crippen molar-refractivity contribution in [1.29, 1.82) is 0 Å². The minimum absolute atomic E-state index is 0.322. The van der Waals surface area contributed by atoms with Gasteiger partial charge in [0.25, 0.3) is 0 Å². The van der Waals surface area contributed by atoms with Crippen molar-refractivity contribution in [3.05, 3.63) is 18.1 Å². The average molecular weight is 276 g/mol. The van der Waals surface area contributed by atoms with Gasteiger partial charge >= 0.3 is 0 Å². The van der Waals surface area contributed by atoms with E-state index in [-0.39, 0.29) is 0 Å². The quantitative estimate of drug-likeness (QED) is 0.852. The maximum Gasteiger partial charge on any atom is 0.157 e. The lowest BCUT2D eigenvalue weighted by atomic mass is 9.88. The van der Waals surface area contributed by atoms with Crippen LogP contribution in [0.25, 0.3) is 0 Å². The second-order valence-corrected chi connectivity index (χ2v) is 6.35. The average Bonchev–Trinajstić information content (AvgIpc) is 3.01. The highest BCUT2D eigenvalue weighted by atomic mass is 32.1. The molecule has 2 fully saturated rings. The van der Waals surface area contributed by atoms with Gasteiger partial charge in [-0.1, -0.05) is 18.6 Å². The number of nitrogens with two attached hydrogens (primary N) is 1. The molecule has 19 heavy (non-hydrogen) atoms. The first-order valence-electron chi connectivity index (χ1n) is 6.97. The van der Waals surface area contributed by atoms with Crippen LogP contribution in [0.2, 0.25) is 0 Å². The Labute approximate surface area is 119 Å². The molecule has 2 saturated carbocycles. The van der Waals surface area contributed by atoms with Crippen molar-refractivity contribution in [1.82, 2.24) is 9.97 Å². The van der Waals surface area contributed by atoms with E-state index in [0.717, 1.165) is 30.1 Å². The highest BCUT2D eigenvalue weighted by Gasteiger charge is 2.39. The third-order valence-corrected chi connectivity index (χ3v) is 4.86. The zero-order valence-corrected chi connectivity index (χ0v) is 12.1. The first-order chi connectivity index (χ1) is 9.15. The minimum Gasteiger partial charge on any atom is -0.388 e.